The number of benzene rings is 1. The second kappa shape index (κ2) is 6.74. The molecular formula is C21H21BrN4O2. The predicted octanol–water partition coefficient (Wildman–Crippen LogP) is 4.62. The van der Waals surface area contributed by atoms with Gasteiger partial charge in [0.1, 0.15) is 16.0 Å². The number of methoxy groups -OCH3 is 1. The Morgan fingerprint density at radius 2 is 1.93 bits per heavy atom. The zero-order valence-corrected chi connectivity index (χ0v) is 17.7. The number of ether oxygens (including phenoxy) is 1. The van der Waals surface area contributed by atoms with Gasteiger partial charge in [0.25, 0.3) is 5.91 Å². The van der Waals surface area contributed by atoms with Crippen LogP contribution in [0.1, 0.15) is 54.1 Å². The number of H-pyrrole nitrogens is 1. The van der Waals surface area contributed by atoms with E-state index in [1.165, 1.54) is 0 Å². The number of nitrogens with one attached hydrogen (secondary N) is 1. The summed E-state index contributed by atoms with van der Waals surface area (Å²) < 4.78 is 6.34. The summed E-state index contributed by atoms with van der Waals surface area (Å²) in [4.78, 5) is 19.5. The maximum absolute atomic E-state index is 13.4. The highest BCUT2D eigenvalue weighted by atomic mass is 79.9. The number of hydrogen-bond acceptors (Lipinski definition) is 4. The van der Waals surface area contributed by atoms with Crippen LogP contribution in [0.15, 0.2) is 47.2 Å². The number of rotatable bonds is 3. The largest absolute Gasteiger partial charge is 0.496 e. The Morgan fingerprint density at radius 1 is 1.18 bits per heavy atom. The summed E-state index contributed by atoms with van der Waals surface area (Å²) in [7, 11) is 1.64. The molecule has 28 heavy (non-hydrogen) atoms. The minimum Gasteiger partial charge on any atom is -0.496 e. The van der Waals surface area contributed by atoms with Crippen molar-refractivity contribution in [3.05, 3.63) is 69.7 Å². The van der Waals surface area contributed by atoms with Crippen molar-refractivity contribution < 1.29 is 9.53 Å². The molecule has 0 fully saturated rings. The van der Waals surface area contributed by atoms with E-state index in [0.717, 1.165) is 22.6 Å². The van der Waals surface area contributed by atoms with Crippen LogP contribution < -0.4 is 9.64 Å². The maximum Gasteiger partial charge on any atom is 0.277 e. The zero-order chi connectivity index (χ0) is 20.1. The SMILES string of the molecule is COc1ccccc1C1c2c(C(C)(C)C)n[nH]c2C(=O)N1c1ccc(Br)nc1. The molecule has 1 amide bonds. The van der Waals surface area contributed by atoms with Crippen molar-refractivity contribution in [2.24, 2.45) is 0 Å². The maximum atomic E-state index is 13.4. The third-order valence-corrected chi connectivity index (χ3v) is 5.37. The first-order valence-corrected chi connectivity index (χ1v) is 9.79. The average Bonchev–Trinajstić information content (AvgIpc) is 3.22. The van der Waals surface area contributed by atoms with Crippen molar-refractivity contribution in [2.45, 2.75) is 32.2 Å². The van der Waals surface area contributed by atoms with Gasteiger partial charge < -0.3 is 4.74 Å². The molecule has 144 valence electrons. The van der Waals surface area contributed by atoms with Crippen molar-refractivity contribution in [1.82, 2.24) is 15.2 Å². The standard InChI is InChI=1S/C21H21BrN4O2/c1-21(2,3)19-16-17(24-25-19)20(27)26(12-9-10-15(22)23-11-12)18(16)13-7-5-6-8-14(13)28-4/h5-11,18H,1-4H3,(H,24,25). The van der Waals surface area contributed by atoms with E-state index in [9.17, 15) is 4.79 Å². The van der Waals surface area contributed by atoms with E-state index < -0.39 is 0 Å². The molecule has 1 aromatic carbocycles. The van der Waals surface area contributed by atoms with Gasteiger partial charge in [-0.25, -0.2) is 4.98 Å². The summed E-state index contributed by atoms with van der Waals surface area (Å²) in [5, 5.41) is 7.48. The molecule has 1 N–H and O–H groups in total. The molecule has 4 rings (SSSR count). The number of aromatic nitrogens is 3. The molecule has 0 aliphatic carbocycles. The highest BCUT2D eigenvalue weighted by Gasteiger charge is 2.45. The minimum atomic E-state index is -0.352. The van der Waals surface area contributed by atoms with E-state index in [-0.39, 0.29) is 17.4 Å². The van der Waals surface area contributed by atoms with Crippen LogP contribution in [-0.4, -0.2) is 28.2 Å². The van der Waals surface area contributed by atoms with Gasteiger partial charge in [0, 0.05) is 16.5 Å². The molecule has 7 heteroatoms. The lowest BCUT2D eigenvalue weighted by molar-refractivity contribution is 0.0988. The lowest BCUT2D eigenvalue weighted by Crippen LogP contribution is -2.30. The number of aromatic amines is 1. The average molecular weight is 441 g/mol. The molecule has 1 atom stereocenters. The first-order chi connectivity index (χ1) is 13.3. The van der Waals surface area contributed by atoms with E-state index >= 15 is 0 Å². The van der Waals surface area contributed by atoms with E-state index in [0.29, 0.717) is 16.0 Å². The van der Waals surface area contributed by atoms with Gasteiger partial charge in [0.15, 0.2) is 0 Å². The van der Waals surface area contributed by atoms with Crippen LogP contribution >= 0.6 is 15.9 Å². The van der Waals surface area contributed by atoms with Crippen LogP contribution in [0, 0.1) is 0 Å². The van der Waals surface area contributed by atoms with Crippen molar-refractivity contribution in [2.75, 3.05) is 12.0 Å². The van der Waals surface area contributed by atoms with E-state index in [1.54, 1.807) is 18.2 Å². The smallest absolute Gasteiger partial charge is 0.277 e. The van der Waals surface area contributed by atoms with Crippen molar-refractivity contribution in [1.29, 1.82) is 0 Å². The number of amides is 1. The number of para-hydroxylation sites is 1. The van der Waals surface area contributed by atoms with Crippen LogP contribution in [0.3, 0.4) is 0 Å². The van der Waals surface area contributed by atoms with Gasteiger partial charge in [-0.05, 0) is 34.1 Å². The lowest BCUT2D eigenvalue weighted by Gasteiger charge is -2.29. The molecule has 0 radical (unpaired) electrons. The Bertz CT molecular complexity index is 1040. The van der Waals surface area contributed by atoms with Gasteiger partial charge in [-0.15, -0.1) is 0 Å². The second-order valence-electron chi connectivity index (χ2n) is 7.77. The number of fused-ring (bicyclic) bond motifs is 1. The summed E-state index contributed by atoms with van der Waals surface area (Å²) in [6.45, 7) is 6.28. The third kappa shape index (κ3) is 2.90. The monoisotopic (exact) mass is 440 g/mol. The topological polar surface area (TPSA) is 71.1 Å². The molecule has 2 aromatic heterocycles. The normalized spacial score (nSPS) is 16.4. The first-order valence-electron chi connectivity index (χ1n) is 8.99. The summed E-state index contributed by atoms with van der Waals surface area (Å²) >= 11 is 3.36. The van der Waals surface area contributed by atoms with Crippen LogP contribution in [0.4, 0.5) is 5.69 Å². The molecule has 1 unspecified atom stereocenters. The van der Waals surface area contributed by atoms with Crippen molar-refractivity contribution >= 4 is 27.5 Å². The number of carbonyl (C=O) groups excluding carboxylic acids is 1. The van der Waals surface area contributed by atoms with Crippen LogP contribution in [-0.2, 0) is 5.41 Å². The Morgan fingerprint density at radius 3 is 2.57 bits per heavy atom. The number of anilines is 1. The Kier molecular flexibility index (Phi) is 4.50. The third-order valence-electron chi connectivity index (χ3n) is 4.90. The molecule has 1 aliphatic rings. The number of hydrogen-bond donors (Lipinski definition) is 1. The van der Waals surface area contributed by atoms with E-state index in [2.05, 4.69) is 51.9 Å². The van der Waals surface area contributed by atoms with Gasteiger partial charge in [-0.3, -0.25) is 14.8 Å². The fraction of sp³-hybridized carbons (Fsp3) is 0.286. The highest BCUT2D eigenvalue weighted by Crippen LogP contribution is 2.46. The highest BCUT2D eigenvalue weighted by molar-refractivity contribution is 9.10. The van der Waals surface area contributed by atoms with Crippen LogP contribution in [0.5, 0.6) is 5.75 Å². The number of pyridine rings is 1. The first kappa shape index (κ1) is 18.7. The van der Waals surface area contributed by atoms with Crippen LogP contribution in [0.25, 0.3) is 0 Å². The molecule has 0 saturated heterocycles. The molecular weight excluding hydrogens is 420 g/mol. The van der Waals surface area contributed by atoms with Gasteiger partial charge >= 0.3 is 0 Å². The number of carbonyl (C=O) groups is 1. The molecule has 0 spiro atoms. The summed E-state index contributed by atoms with van der Waals surface area (Å²) in [6, 6.07) is 11.1. The Hall–Kier alpha value is -2.67. The fourth-order valence-corrected chi connectivity index (χ4v) is 3.92. The zero-order valence-electron chi connectivity index (χ0n) is 16.2. The molecule has 3 heterocycles. The quantitative estimate of drug-likeness (QED) is 0.602. The van der Waals surface area contributed by atoms with Gasteiger partial charge in [-0.2, -0.15) is 5.10 Å². The second-order valence-corrected chi connectivity index (χ2v) is 8.58. The van der Waals surface area contributed by atoms with Crippen LogP contribution in [0.2, 0.25) is 0 Å². The van der Waals surface area contributed by atoms with Crippen molar-refractivity contribution in [3.8, 4) is 5.75 Å². The summed E-state index contributed by atoms with van der Waals surface area (Å²) in [5.41, 5.74) is 3.69. The predicted molar refractivity (Wildman–Crippen MR) is 111 cm³/mol. The Labute approximate surface area is 172 Å². The van der Waals surface area contributed by atoms with E-state index in [1.807, 2.05) is 36.4 Å². The lowest BCUT2D eigenvalue weighted by atomic mass is 9.85. The summed E-state index contributed by atoms with van der Waals surface area (Å²) in [6.07, 6.45) is 1.69. The summed E-state index contributed by atoms with van der Waals surface area (Å²) in [5.74, 6) is 0.599. The molecule has 3 aromatic rings. The van der Waals surface area contributed by atoms with E-state index in [4.69, 9.17) is 4.74 Å². The minimum absolute atomic E-state index is 0.127. The Balaban J connectivity index is 1.98. The molecule has 0 bridgehead atoms. The fourth-order valence-electron chi connectivity index (χ4n) is 3.68. The number of nitrogens with zero attached hydrogens (tertiary/aromatic N) is 3. The molecule has 1 aliphatic heterocycles. The van der Waals surface area contributed by atoms with Gasteiger partial charge in [-0.1, -0.05) is 39.0 Å². The van der Waals surface area contributed by atoms with Crippen molar-refractivity contribution in [3.63, 3.8) is 0 Å². The van der Waals surface area contributed by atoms with Gasteiger partial charge in [0.05, 0.1) is 30.7 Å². The molecule has 0 saturated carbocycles. The molecule has 6 nitrogen and oxygen atoms in total. The van der Waals surface area contributed by atoms with Gasteiger partial charge in [0.2, 0.25) is 0 Å². The number of halogens is 1.